The summed E-state index contributed by atoms with van der Waals surface area (Å²) in [6.07, 6.45) is 6.23. The third-order valence-electron chi connectivity index (χ3n) is 4.36. The standard InChI is InChI=1S/C18H21ClN4O/c19-16-11-20-12-17(22-16)21-13-18(24)23-8-6-15(7-9-23)10-14-4-2-1-3-5-14/h1-5,11-12,15H,6-10,13H2,(H,21,22). The van der Waals surface area contributed by atoms with Gasteiger partial charge in [0.1, 0.15) is 11.0 Å². The zero-order valence-electron chi connectivity index (χ0n) is 13.5. The molecule has 1 aliphatic heterocycles. The van der Waals surface area contributed by atoms with E-state index in [1.807, 2.05) is 11.0 Å². The van der Waals surface area contributed by atoms with E-state index in [0.717, 1.165) is 32.4 Å². The Kier molecular flexibility index (Phi) is 5.64. The minimum atomic E-state index is 0.0925. The van der Waals surface area contributed by atoms with Gasteiger partial charge in [0, 0.05) is 13.1 Å². The maximum Gasteiger partial charge on any atom is 0.241 e. The van der Waals surface area contributed by atoms with Crippen LogP contribution in [-0.4, -0.2) is 40.4 Å². The first-order valence-corrected chi connectivity index (χ1v) is 8.61. The largest absolute Gasteiger partial charge is 0.360 e. The molecule has 1 fully saturated rings. The van der Waals surface area contributed by atoms with Crippen LogP contribution in [-0.2, 0) is 11.2 Å². The van der Waals surface area contributed by atoms with E-state index in [4.69, 9.17) is 11.6 Å². The van der Waals surface area contributed by atoms with E-state index in [1.54, 1.807) is 6.20 Å². The number of hydrogen-bond acceptors (Lipinski definition) is 4. The van der Waals surface area contributed by atoms with Gasteiger partial charge in [0.15, 0.2) is 0 Å². The summed E-state index contributed by atoms with van der Waals surface area (Å²) in [6.45, 7) is 1.86. The van der Waals surface area contributed by atoms with Crippen LogP contribution in [0.1, 0.15) is 18.4 Å². The topological polar surface area (TPSA) is 58.1 Å². The fourth-order valence-electron chi connectivity index (χ4n) is 3.04. The molecular formula is C18H21ClN4O. The van der Waals surface area contributed by atoms with Gasteiger partial charge in [0.05, 0.1) is 18.9 Å². The first kappa shape index (κ1) is 16.7. The van der Waals surface area contributed by atoms with Crippen molar-refractivity contribution in [2.45, 2.75) is 19.3 Å². The third-order valence-corrected chi connectivity index (χ3v) is 4.54. The summed E-state index contributed by atoms with van der Waals surface area (Å²) in [4.78, 5) is 22.2. The van der Waals surface area contributed by atoms with Gasteiger partial charge in [-0.25, -0.2) is 4.98 Å². The molecule has 5 nitrogen and oxygen atoms in total. The van der Waals surface area contributed by atoms with Crippen molar-refractivity contribution in [3.8, 4) is 0 Å². The normalized spacial score (nSPS) is 15.3. The highest BCUT2D eigenvalue weighted by Gasteiger charge is 2.22. The molecule has 24 heavy (non-hydrogen) atoms. The van der Waals surface area contributed by atoms with Gasteiger partial charge in [-0.05, 0) is 30.7 Å². The molecule has 2 heterocycles. The number of aromatic nitrogens is 2. The number of nitrogens with one attached hydrogen (secondary N) is 1. The molecule has 1 N–H and O–H groups in total. The summed E-state index contributed by atoms with van der Waals surface area (Å²) >= 11 is 5.78. The molecule has 1 aliphatic rings. The molecule has 0 radical (unpaired) electrons. The molecule has 0 unspecified atom stereocenters. The monoisotopic (exact) mass is 344 g/mol. The van der Waals surface area contributed by atoms with Crippen molar-refractivity contribution in [2.24, 2.45) is 5.92 Å². The van der Waals surface area contributed by atoms with Gasteiger partial charge in [-0.2, -0.15) is 0 Å². The highest BCUT2D eigenvalue weighted by Crippen LogP contribution is 2.21. The Morgan fingerprint density at radius 3 is 2.67 bits per heavy atom. The fourth-order valence-corrected chi connectivity index (χ4v) is 3.19. The van der Waals surface area contributed by atoms with Crippen LogP contribution in [0.15, 0.2) is 42.7 Å². The highest BCUT2D eigenvalue weighted by molar-refractivity contribution is 6.29. The predicted molar refractivity (Wildman–Crippen MR) is 95.0 cm³/mol. The molecular weight excluding hydrogens is 324 g/mol. The van der Waals surface area contributed by atoms with Crippen molar-refractivity contribution in [3.63, 3.8) is 0 Å². The average Bonchev–Trinajstić information content (AvgIpc) is 2.61. The Balaban J connectivity index is 1.43. The SMILES string of the molecule is O=C(CNc1cncc(Cl)n1)N1CCC(Cc2ccccc2)CC1. The number of nitrogens with zero attached hydrogens (tertiary/aromatic N) is 3. The Morgan fingerprint density at radius 1 is 1.21 bits per heavy atom. The average molecular weight is 345 g/mol. The van der Waals surface area contributed by atoms with Crippen LogP contribution in [0.4, 0.5) is 5.82 Å². The molecule has 0 aliphatic carbocycles. The lowest BCUT2D eigenvalue weighted by Gasteiger charge is -2.32. The molecule has 2 aromatic rings. The van der Waals surface area contributed by atoms with Crippen molar-refractivity contribution in [3.05, 3.63) is 53.4 Å². The zero-order chi connectivity index (χ0) is 16.8. The van der Waals surface area contributed by atoms with Crippen molar-refractivity contribution in [1.82, 2.24) is 14.9 Å². The smallest absolute Gasteiger partial charge is 0.241 e. The number of halogens is 1. The van der Waals surface area contributed by atoms with E-state index in [1.165, 1.54) is 11.8 Å². The summed E-state index contributed by atoms with van der Waals surface area (Å²) in [5, 5.41) is 3.30. The molecule has 126 valence electrons. The second-order valence-corrected chi connectivity index (χ2v) is 6.48. The number of carbonyl (C=O) groups excluding carboxylic acids is 1. The number of rotatable bonds is 5. The van der Waals surface area contributed by atoms with Crippen molar-refractivity contribution >= 4 is 23.3 Å². The number of piperidine rings is 1. The predicted octanol–water partition coefficient (Wildman–Crippen LogP) is 3.02. The Hall–Kier alpha value is -2.14. The second kappa shape index (κ2) is 8.11. The van der Waals surface area contributed by atoms with Gasteiger partial charge in [-0.1, -0.05) is 41.9 Å². The summed E-state index contributed by atoms with van der Waals surface area (Å²) in [6, 6.07) is 10.6. The summed E-state index contributed by atoms with van der Waals surface area (Å²) in [5.74, 6) is 1.27. The Bertz CT molecular complexity index is 672. The molecule has 1 aromatic heterocycles. The van der Waals surface area contributed by atoms with Crippen molar-refractivity contribution < 1.29 is 4.79 Å². The van der Waals surface area contributed by atoms with Crippen LogP contribution in [0.25, 0.3) is 0 Å². The minimum absolute atomic E-state index is 0.0925. The van der Waals surface area contributed by atoms with Crippen LogP contribution in [0.2, 0.25) is 5.15 Å². The number of benzene rings is 1. The van der Waals surface area contributed by atoms with Crippen molar-refractivity contribution in [2.75, 3.05) is 25.0 Å². The second-order valence-electron chi connectivity index (χ2n) is 6.09. The molecule has 1 amide bonds. The van der Waals surface area contributed by atoms with E-state index in [0.29, 0.717) is 16.9 Å². The lowest BCUT2D eigenvalue weighted by molar-refractivity contribution is -0.130. The minimum Gasteiger partial charge on any atom is -0.360 e. The zero-order valence-corrected chi connectivity index (χ0v) is 14.2. The first-order chi connectivity index (χ1) is 11.7. The van der Waals surface area contributed by atoms with Gasteiger partial charge in [-0.15, -0.1) is 0 Å². The Labute approximate surface area is 147 Å². The lowest BCUT2D eigenvalue weighted by Crippen LogP contribution is -2.41. The van der Waals surface area contributed by atoms with E-state index < -0.39 is 0 Å². The van der Waals surface area contributed by atoms with Gasteiger partial charge < -0.3 is 10.2 Å². The van der Waals surface area contributed by atoms with Gasteiger partial charge >= 0.3 is 0 Å². The summed E-state index contributed by atoms with van der Waals surface area (Å²) in [7, 11) is 0. The number of anilines is 1. The third kappa shape index (κ3) is 4.68. The quantitative estimate of drug-likeness (QED) is 0.905. The molecule has 6 heteroatoms. The highest BCUT2D eigenvalue weighted by atomic mass is 35.5. The molecule has 0 atom stereocenters. The van der Waals surface area contributed by atoms with E-state index in [-0.39, 0.29) is 12.5 Å². The maximum atomic E-state index is 12.3. The van der Waals surface area contributed by atoms with Gasteiger partial charge in [0.25, 0.3) is 0 Å². The van der Waals surface area contributed by atoms with E-state index in [9.17, 15) is 4.79 Å². The molecule has 0 spiro atoms. The van der Waals surface area contributed by atoms with Crippen LogP contribution >= 0.6 is 11.6 Å². The Morgan fingerprint density at radius 2 is 1.96 bits per heavy atom. The number of carbonyl (C=O) groups is 1. The fraction of sp³-hybridized carbons (Fsp3) is 0.389. The first-order valence-electron chi connectivity index (χ1n) is 8.24. The summed E-state index contributed by atoms with van der Waals surface area (Å²) in [5.41, 5.74) is 1.38. The molecule has 0 bridgehead atoms. The maximum absolute atomic E-state index is 12.3. The lowest BCUT2D eigenvalue weighted by atomic mass is 9.90. The molecule has 1 aromatic carbocycles. The molecule has 0 saturated carbocycles. The van der Waals surface area contributed by atoms with E-state index in [2.05, 4.69) is 39.6 Å². The molecule has 1 saturated heterocycles. The number of likely N-dealkylation sites (tertiary alicyclic amines) is 1. The number of hydrogen-bond donors (Lipinski definition) is 1. The molecule has 3 rings (SSSR count). The summed E-state index contributed by atoms with van der Waals surface area (Å²) < 4.78 is 0. The van der Waals surface area contributed by atoms with Crippen molar-refractivity contribution in [1.29, 1.82) is 0 Å². The van der Waals surface area contributed by atoms with E-state index >= 15 is 0 Å². The number of amides is 1. The van der Waals surface area contributed by atoms with Crippen LogP contribution in [0.5, 0.6) is 0 Å². The van der Waals surface area contributed by atoms with Gasteiger partial charge in [-0.3, -0.25) is 9.78 Å². The van der Waals surface area contributed by atoms with Crippen LogP contribution < -0.4 is 5.32 Å². The van der Waals surface area contributed by atoms with Gasteiger partial charge in [0.2, 0.25) is 5.91 Å². The van der Waals surface area contributed by atoms with Crippen LogP contribution in [0, 0.1) is 5.92 Å². The van der Waals surface area contributed by atoms with Crippen LogP contribution in [0.3, 0.4) is 0 Å².